The number of aryl methyl sites for hydroxylation is 1. The molecule has 0 bridgehead atoms. The maximum Gasteiger partial charge on any atom is 0.339 e. The smallest absolute Gasteiger partial charge is 0.339 e. The topological polar surface area (TPSA) is 39.2 Å². The van der Waals surface area contributed by atoms with E-state index in [4.69, 9.17) is 0 Å². The van der Waals surface area contributed by atoms with Gasteiger partial charge >= 0.3 is 5.97 Å². The fraction of sp³-hybridized carbons (Fsp3) is 0.400. The van der Waals surface area contributed by atoms with Crippen LogP contribution in [-0.4, -0.2) is 18.1 Å². The molecule has 0 spiro atoms. The number of halogens is 3. The summed E-state index contributed by atoms with van der Waals surface area (Å²) >= 11 is 3.09. The number of hydrogen-bond acceptors (Lipinski definition) is 3. The Hall–Kier alpha value is -1.04. The third kappa shape index (κ3) is 2.37. The lowest BCUT2D eigenvalue weighted by Gasteiger charge is -2.12. The minimum absolute atomic E-state index is 0.0697. The lowest BCUT2D eigenvalue weighted by atomic mass is 10.0. The molecule has 0 aromatic carbocycles. The van der Waals surface area contributed by atoms with Gasteiger partial charge < -0.3 is 4.74 Å². The van der Waals surface area contributed by atoms with Crippen molar-refractivity contribution >= 4 is 21.9 Å². The van der Waals surface area contributed by atoms with Crippen molar-refractivity contribution in [2.45, 2.75) is 18.7 Å². The number of carbonyl (C=O) groups excluding carboxylic acids is 1. The maximum atomic E-state index is 12.8. The Bertz CT molecular complexity index is 410. The zero-order valence-corrected chi connectivity index (χ0v) is 10.3. The predicted octanol–water partition coefficient (Wildman–Crippen LogP) is 3.01. The van der Waals surface area contributed by atoms with Crippen LogP contribution >= 0.6 is 15.9 Å². The highest BCUT2D eigenvalue weighted by Crippen LogP contribution is 2.29. The molecule has 0 aliphatic rings. The minimum atomic E-state index is -2.66. The molecule has 0 amide bonds. The van der Waals surface area contributed by atoms with Gasteiger partial charge in [0.1, 0.15) is 0 Å². The van der Waals surface area contributed by atoms with Gasteiger partial charge in [-0.25, -0.2) is 13.6 Å². The molecule has 0 aliphatic carbocycles. The van der Waals surface area contributed by atoms with Crippen molar-refractivity contribution in [2.75, 3.05) is 7.11 Å². The van der Waals surface area contributed by atoms with E-state index in [1.807, 2.05) is 0 Å². The number of carbonyl (C=O) groups is 1. The van der Waals surface area contributed by atoms with Crippen LogP contribution in [0.1, 0.15) is 33.6 Å². The van der Waals surface area contributed by atoms with Crippen LogP contribution in [0.5, 0.6) is 0 Å². The van der Waals surface area contributed by atoms with Crippen molar-refractivity contribution in [2.24, 2.45) is 0 Å². The highest BCUT2D eigenvalue weighted by atomic mass is 79.9. The van der Waals surface area contributed by atoms with Gasteiger partial charge in [-0.1, -0.05) is 15.9 Å². The Labute approximate surface area is 99.9 Å². The van der Waals surface area contributed by atoms with E-state index < -0.39 is 12.4 Å². The minimum Gasteiger partial charge on any atom is -0.465 e. The van der Waals surface area contributed by atoms with Crippen LogP contribution in [0, 0.1) is 6.92 Å². The van der Waals surface area contributed by atoms with Gasteiger partial charge in [-0.3, -0.25) is 4.98 Å². The summed E-state index contributed by atoms with van der Waals surface area (Å²) in [5.41, 5.74) is 0.312. The van der Waals surface area contributed by atoms with Crippen LogP contribution in [0.3, 0.4) is 0 Å². The van der Waals surface area contributed by atoms with Crippen LogP contribution in [0.4, 0.5) is 8.78 Å². The summed E-state index contributed by atoms with van der Waals surface area (Å²) in [7, 11) is 1.20. The number of pyridine rings is 1. The van der Waals surface area contributed by atoms with E-state index in [1.165, 1.54) is 20.2 Å². The normalized spacial score (nSPS) is 10.6. The Morgan fingerprint density at radius 3 is 2.69 bits per heavy atom. The summed E-state index contributed by atoms with van der Waals surface area (Å²) in [4.78, 5) is 15.1. The van der Waals surface area contributed by atoms with Crippen molar-refractivity contribution in [3.63, 3.8) is 0 Å². The number of aromatic nitrogens is 1. The molecule has 16 heavy (non-hydrogen) atoms. The standard InChI is InChI=1S/C10H10BrF2NO2/c1-5-8(9(12)13)6(3-11)7(4-14-5)10(15)16-2/h4,9H,3H2,1-2H3. The molecular weight excluding hydrogens is 284 g/mol. The first-order valence-electron chi connectivity index (χ1n) is 4.43. The molecule has 0 radical (unpaired) electrons. The van der Waals surface area contributed by atoms with Crippen molar-refractivity contribution < 1.29 is 18.3 Å². The first kappa shape index (κ1) is 13.0. The van der Waals surface area contributed by atoms with Gasteiger partial charge in [0.05, 0.1) is 12.7 Å². The van der Waals surface area contributed by atoms with Gasteiger partial charge in [0.15, 0.2) is 0 Å². The summed E-state index contributed by atoms with van der Waals surface area (Å²) in [6.07, 6.45) is -1.41. The zero-order valence-electron chi connectivity index (χ0n) is 8.76. The van der Waals surface area contributed by atoms with Crippen LogP contribution < -0.4 is 0 Å². The van der Waals surface area contributed by atoms with Crippen molar-refractivity contribution in [3.8, 4) is 0 Å². The van der Waals surface area contributed by atoms with E-state index in [0.717, 1.165) is 0 Å². The van der Waals surface area contributed by atoms with Gasteiger partial charge in [0.2, 0.25) is 0 Å². The third-order valence-electron chi connectivity index (χ3n) is 2.18. The van der Waals surface area contributed by atoms with Gasteiger partial charge in [-0.15, -0.1) is 0 Å². The van der Waals surface area contributed by atoms with Gasteiger partial charge in [0.25, 0.3) is 6.43 Å². The third-order valence-corrected chi connectivity index (χ3v) is 2.75. The van der Waals surface area contributed by atoms with Crippen LogP contribution in [0.25, 0.3) is 0 Å². The number of ether oxygens (including phenoxy) is 1. The number of rotatable bonds is 3. The number of alkyl halides is 3. The average molecular weight is 294 g/mol. The number of nitrogens with zero attached hydrogens (tertiary/aromatic N) is 1. The van der Waals surface area contributed by atoms with E-state index in [1.54, 1.807) is 0 Å². The van der Waals surface area contributed by atoms with Crippen molar-refractivity contribution in [1.82, 2.24) is 4.98 Å². The first-order chi connectivity index (χ1) is 7.52. The lowest BCUT2D eigenvalue weighted by Crippen LogP contribution is -2.10. The Kier molecular flexibility index (Phi) is 4.35. The number of methoxy groups -OCH3 is 1. The molecule has 3 nitrogen and oxygen atoms in total. The summed E-state index contributed by atoms with van der Waals surface area (Å²) in [6.45, 7) is 1.48. The van der Waals surface area contributed by atoms with Crippen LogP contribution in [0.2, 0.25) is 0 Å². The molecule has 6 heteroatoms. The monoisotopic (exact) mass is 293 g/mol. The predicted molar refractivity (Wildman–Crippen MR) is 57.9 cm³/mol. The quantitative estimate of drug-likeness (QED) is 0.635. The summed E-state index contributed by atoms with van der Waals surface area (Å²) < 4.78 is 30.1. The highest BCUT2D eigenvalue weighted by molar-refractivity contribution is 9.08. The SMILES string of the molecule is COC(=O)c1cnc(C)c(C(F)F)c1CBr. The van der Waals surface area contributed by atoms with E-state index >= 15 is 0 Å². The molecule has 0 aliphatic heterocycles. The molecule has 1 aromatic heterocycles. The van der Waals surface area contributed by atoms with E-state index in [-0.39, 0.29) is 27.7 Å². The van der Waals surface area contributed by atoms with Crippen molar-refractivity contribution in [3.05, 3.63) is 28.6 Å². The molecule has 0 saturated carbocycles. The maximum absolute atomic E-state index is 12.8. The van der Waals surface area contributed by atoms with E-state index in [0.29, 0.717) is 0 Å². The molecular formula is C10H10BrF2NO2. The summed E-state index contributed by atoms with van der Waals surface area (Å²) in [5.74, 6) is -0.663. The molecule has 0 unspecified atom stereocenters. The first-order valence-corrected chi connectivity index (χ1v) is 5.55. The largest absolute Gasteiger partial charge is 0.465 e. The van der Waals surface area contributed by atoms with Crippen molar-refractivity contribution in [1.29, 1.82) is 0 Å². The molecule has 88 valence electrons. The molecule has 0 N–H and O–H groups in total. The second kappa shape index (κ2) is 5.34. The Morgan fingerprint density at radius 1 is 1.62 bits per heavy atom. The highest BCUT2D eigenvalue weighted by Gasteiger charge is 2.22. The molecule has 0 atom stereocenters. The Morgan fingerprint density at radius 2 is 2.25 bits per heavy atom. The molecule has 1 heterocycles. The number of hydrogen-bond donors (Lipinski definition) is 0. The van der Waals surface area contributed by atoms with Crippen LogP contribution in [-0.2, 0) is 10.1 Å². The van der Waals surface area contributed by atoms with E-state index in [2.05, 4.69) is 25.7 Å². The second-order valence-electron chi connectivity index (χ2n) is 3.08. The average Bonchev–Trinajstić information content (AvgIpc) is 2.26. The van der Waals surface area contributed by atoms with Gasteiger partial charge in [0, 0.05) is 22.8 Å². The fourth-order valence-corrected chi connectivity index (χ4v) is 2.00. The zero-order chi connectivity index (χ0) is 12.3. The summed E-state index contributed by atoms with van der Waals surface area (Å²) in [5, 5.41) is 0.153. The second-order valence-corrected chi connectivity index (χ2v) is 3.64. The number of esters is 1. The lowest BCUT2D eigenvalue weighted by molar-refractivity contribution is 0.0598. The van der Waals surface area contributed by atoms with Crippen LogP contribution in [0.15, 0.2) is 6.20 Å². The Balaban J connectivity index is 3.42. The molecule has 0 saturated heterocycles. The molecule has 1 aromatic rings. The van der Waals surface area contributed by atoms with E-state index in [9.17, 15) is 13.6 Å². The molecule has 1 rings (SSSR count). The van der Waals surface area contributed by atoms with Gasteiger partial charge in [-0.2, -0.15) is 0 Å². The molecule has 0 fully saturated rings. The summed E-state index contributed by atoms with van der Waals surface area (Å²) in [6, 6.07) is 0. The van der Waals surface area contributed by atoms with Gasteiger partial charge in [-0.05, 0) is 12.5 Å². The fourth-order valence-electron chi connectivity index (χ4n) is 1.39.